The summed E-state index contributed by atoms with van der Waals surface area (Å²) in [4.78, 5) is 48.3. The van der Waals surface area contributed by atoms with Gasteiger partial charge in [0, 0.05) is 12.1 Å². The molecule has 11 heteroatoms. The van der Waals surface area contributed by atoms with Crippen molar-refractivity contribution in [2.45, 2.75) is 63.8 Å². The molecule has 2 aromatic rings. The number of hydrogen-bond acceptors (Lipinski definition) is 10. The van der Waals surface area contributed by atoms with Gasteiger partial charge in [-0.15, -0.1) is 0 Å². The summed E-state index contributed by atoms with van der Waals surface area (Å²) in [5.74, 6) is -2.80. The van der Waals surface area contributed by atoms with Crippen LogP contribution in [0.1, 0.15) is 45.6 Å². The van der Waals surface area contributed by atoms with Crippen molar-refractivity contribution in [3.8, 4) is 5.75 Å². The Morgan fingerprint density at radius 1 is 1.00 bits per heavy atom. The number of nitrogens with zero attached hydrogens (tertiary/aromatic N) is 1. The summed E-state index contributed by atoms with van der Waals surface area (Å²) in [6.07, 6.45) is -0.0414. The van der Waals surface area contributed by atoms with E-state index in [1.54, 1.807) is 51.1 Å². The molecule has 0 aliphatic heterocycles. The summed E-state index contributed by atoms with van der Waals surface area (Å²) in [5.41, 5.74) is 9.67. The van der Waals surface area contributed by atoms with Crippen LogP contribution in [0.5, 0.6) is 5.75 Å². The SMILES string of the molecule is CC(C)(C)OC(=O)C(N)CCC[C@@](N)(C(=O)OCc1ccccc1)C(=O)Oc1ccc([N+](=O)[O-])cc1. The predicted molar refractivity (Wildman–Crippen MR) is 130 cm³/mol. The monoisotopic (exact) mass is 501 g/mol. The van der Waals surface area contributed by atoms with Crippen LogP contribution in [0.4, 0.5) is 5.69 Å². The van der Waals surface area contributed by atoms with Crippen molar-refractivity contribution in [1.82, 2.24) is 0 Å². The molecule has 0 radical (unpaired) electrons. The van der Waals surface area contributed by atoms with E-state index in [2.05, 4.69) is 0 Å². The zero-order valence-corrected chi connectivity index (χ0v) is 20.5. The van der Waals surface area contributed by atoms with Gasteiger partial charge in [-0.3, -0.25) is 14.9 Å². The predicted octanol–water partition coefficient (Wildman–Crippen LogP) is 2.78. The largest absolute Gasteiger partial charge is 0.459 e. The molecule has 0 saturated heterocycles. The fourth-order valence-corrected chi connectivity index (χ4v) is 3.07. The van der Waals surface area contributed by atoms with Gasteiger partial charge in [0.2, 0.25) is 5.54 Å². The van der Waals surface area contributed by atoms with E-state index < -0.39 is 40.0 Å². The Kier molecular flexibility index (Phi) is 9.65. The molecule has 11 nitrogen and oxygen atoms in total. The highest BCUT2D eigenvalue weighted by Crippen LogP contribution is 2.23. The summed E-state index contributed by atoms with van der Waals surface area (Å²) < 4.78 is 15.8. The Morgan fingerprint density at radius 2 is 1.61 bits per heavy atom. The molecule has 2 aromatic carbocycles. The van der Waals surface area contributed by atoms with Crippen LogP contribution in [0.15, 0.2) is 54.6 Å². The van der Waals surface area contributed by atoms with Crippen LogP contribution in [0.2, 0.25) is 0 Å². The molecule has 36 heavy (non-hydrogen) atoms. The van der Waals surface area contributed by atoms with E-state index in [9.17, 15) is 24.5 Å². The second-order valence-electron chi connectivity index (χ2n) is 9.21. The first-order valence-corrected chi connectivity index (χ1v) is 11.3. The Bertz CT molecular complexity index is 1070. The molecular formula is C25H31N3O8. The third-order valence-electron chi connectivity index (χ3n) is 5.00. The fourth-order valence-electron chi connectivity index (χ4n) is 3.07. The average Bonchev–Trinajstić information content (AvgIpc) is 2.82. The molecule has 2 rings (SSSR count). The number of nitrogens with two attached hydrogens (primary N) is 2. The van der Waals surface area contributed by atoms with Crippen LogP contribution in [0.25, 0.3) is 0 Å². The van der Waals surface area contributed by atoms with Crippen molar-refractivity contribution < 1.29 is 33.5 Å². The van der Waals surface area contributed by atoms with Crippen LogP contribution in [0.3, 0.4) is 0 Å². The molecule has 1 unspecified atom stereocenters. The third-order valence-corrected chi connectivity index (χ3v) is 5.00. The number of nitro groups is 1. The van der Waals surface area contributed by atoms with Crippen LogP contribution >= 0.6 is 0 Å². The minimum atomic E-state index is -2.22. The van der Waals surface area contributed by atoms with Gasteiger partial charge in [-0.25, -0.2) is 9.59 Å². The quantitative estimate of drug-likeness (QED) is 0.153. The summed E-state index contributed by atoms with van der Waals surface area (Å²) in [6.45, 7) is 5.00. The molecule has 0 amide bonds. The molecule has 0 bridgehead atoms. The van der Waals surface area contributed by atoms with E-state index in [1.165, 1.54) is 12.1 Å². The Morgan fingerprint density at radius 3 is 2.17 bits per heavy atom. The van der Waals surface area contributed by atoms with E-state index >= 15 is 0 Å². The van der Waals surface area contributed by atoms with Crippen molar-refractivity contribution >= 4 is 23.6 Å². The minimum absolute atomic E-state index is 0.0401. The van der Waals surface area contributed by atoms with Gasteiger partial charge in [-0.1, -0.05) is 30.3 Å². The molecule has 0 saturated carbocycles. The van der Waals surface area contributed by atoms with Crippen molar-refractivity contribution in [2.75, 3.05) is 0 Å². The maximum absolute atomic E-state index is 13.0. The van der Waals surface area contributed by atoms with E-state index in [0.29, 0.717) is 5.56 Å². The van der Waals surface area contributed by atoms with Gasteiger partial charge in [0.05, 0.1) is 4.92 Å². The van der Waals surface area contributed by atoms with E-state index in [0.717, 1.165) is 12.1 Å². The van der Waals surface area contributed by atoms with Crippen LogP contribution in [-0.2, 0) is 30.5 Å². The maximum atomic E-state index is 13.0. The number of hydrogen-bond donors (Lipinski definition) is 2. The first kappa shape index (κ1) is 28.4. The Hall–Kier alpha value is -3.83. The lowest BCUT2D eigenvalue weighted by atomic mass is 9.92. The standard InChI is InChI=1S/C25H31N3O8/c1-24(2,3)36-21(29)20(26)10-7-15-25(27,22(30)34-16-17-8-5-4-6-9-17)23(31)35-19-13-11-18(12-14-19)28(32)33/h4-6,8-9,11-14,20H,7,10,15-16,26-27H2,1-3H3/t20?,25-/m1/s1. The highest BCUT2D eigenvalue weighted by atomic mass is 16.6. The van der Waals surface area contributed by atoms with E-state index in [-0.39, 0.29) is 37.3 Å². The van der Waals surface area contributed by atoms with E-state index in [4.69, 9.17) is 25.7 Å². The lowest BCUT2D eigenvalue weighted by Gasteiger charge is -2.26. The van der Waals surface area contributed by atoms with Gasteiger partial charge in [-0.05, 0) is 57.7 Å². The second kappa shape index (κ2) is 12.2. The lowest BCUT2D eigenvalue weighted by molar-refractivity contribution is -0.384. The van der Waals surface area contributed by atoms with Gasteiger partial charge >= 0.3 is 17.9 Å². The smallest absolute Gasteiger partial charge is 0.343 e. The van der Waals surface area contributed by atoms with Gasteiger partial charge in [-0.2, -0.15) is 0 Å². The van der Waals surface area contributed by atoms with Crippen molar-refractivity contribution in [3.05, 3.63) is 70.3 Å². The molecule has 4 N–H and O–H groups in total. The Labute approximate surface area is 208 Å². The normalized spacial score (nSPS) is 13.7. The average molecular weight is 502 g/mol. The van der Waals surface area contributed by atoms with Gasteiger partial charge in [0.1, 0.15) is 24.0 Å². The highest BCUT2D eigenvalue weighted by molar-refractivity contribution is 6.05. The number of carbonyl (C=O) groups is 3. The molecule has 0 aliphatic carbocycles. The molecule has 0 fully saturated rings. The summed E-state index contributed by atoms with van der Waals surface area (Å²) in [5, 5.41) is 10.8. The van der Waals surface area contributed by atoms with Gasteiger partial charge in [0.15, 0.2) is 0 Å². The molecule has 0 spiro atoms. The van der Waals surface area contributed by atoms with Crippen LogP contribution in [0, 0.1) is 10.1 Å². The Balaban J connectivity index is 2.13. The van der Waals surface area contributed by atoms with E-state index in [1.807, 2.05) is 0 Å². The number of benzene rings is 2. The first-order valence-electron chi connectivity index (χ1n) is 11.3. The van der Waals surface area contributed by atoms with Crippen molar-refractivity contribution in [3.63, 3.8) is 0 Å². The van der Waals surface area contributed by atoms with Crippen molar-refractivity contribution in [1.29, 1.82) is 0 Å². The number of nitro benzene ring substituents is 1. The molecule has 0 aromatic heterocycles. The van der Waals surface area contributed by atoms with Gasteiger partial charge in [0.25, 0.3) is 5.69 Å². The zero-order valence-electron chi connectivity index (χ0n) is 20.5. The highest BCUT2D eigenvalue weighted by Gasteiger charge is 2.45. The number of esters is 3. The topological polar surface area (TPSA) is 174 Å². The van der Waals surface area contributed by atoms with Crippen LogP contribution in [-0.4, -0.2) is 40.0 Å². The summed E-state index contributed by atoms with van der Waals surface area (Å²) >= 11 is 0. The molecular weight excluding hydrogens is 470 g/mol. The number of non-ortho nitro benzene ring substituents is 1. The molecule has 194 valence electrons. The number of rotatable bonds is 11. The number of ether oxygens (including phenoxy) is 3. The minimum Gasteiger partial charge on any atom is -0.459 e. The third kappa shape index (κ3) is 8.43. The van der Waals surface area contributed by atoms with Gasteiger partial charge < -0.3 is 25.7 Å². The number of carbonyl (C=O) groups excluding carboxylic acids is 3. The van der Waals surface area contributed by atoms with Crippen LogP contribution < -0.4 is 16.2 Å². The lowest BCUT2D eigenvalue weighted by Crippen LogP contribution is -2.57. The summed E-state index contributed by atoms with van der Waals surface area (Å²) in [6, 6.07) is 12.5. The molecule has 0 heterocycles. The molecule has 0 aliphatic rings. The zero-order chi connectivity index (χ0) is 26.9. The molecule has 2 atom stereocenters. The summed E-state index contributed by atoms with van der Waals surface area (Å²) in [7, 11) is 0. The first-order chi connectivity index (χ1) is 16.8. The second-order valence-corrected chi connectivity index (χ2v) is 9.21. The fraction of sp³-hybridized carbons (Fsp3) is 0.400. The maximum Gasteiger partial charge on any atom is 0.343 e. The van der Waals surface area contributed by atoms with Crippen molar-refractivity contribution in [2.24, 2.45) is 11.5 Å².